The van der Waals surface area contributed by atoms with Crippen molar-refractivity contribution in [2.24, 2.45) is 11.7 Å². The van der Waals surface area contributed by atoms with Crippen LogP contribution in [0.4, 0.5) is 0 Å². The smallest absolute Gasteiger partial charge is 0.0537 e. The summed E-state index contributed by atoms with van der Waals surface area (Å²) in [6, 6.07) is 1.31. The van der Waals surface area contributed by atoms with Crippen molar-refractivity contribution in [1.29, 1.82) is 0 Å². The van der Waals surface area contributed by atoms with E-state index in [1.54, 1.807) is 0 Å². The monoisotopic (exact) mass is 276 g/mol. The van der Waals surface area contributed by atoms with Gasteiger partial charge < -0.3 is 5.73 Å². The van der Waals surface area contributed by atoms with Gasteiger partial charge in [-0.15, -0.1) is 0 Å². The molecule has 4 nitrogen and oxygen atoms in total. The fourth-order valence-electron chi connectivity index (χ4n) is 3.68. The van der Waals surface area contributed by atoms with Gasteiger partial charge in [-0.3, -0.25) is 9.58 Å². The Balaban J connectivity index is 1.85. The maximum absolute atomic E-state index is 6.09. The molecule has 2 atom stereocenters. The second-order valence-corrected chi connectivity index (χ2v) is 6.44. The average molecular weight is 276 g/mol. The molecule has 20 heavy (non-hydrogen) atoms. The molecule has 0 spiro atoms. The van der Waals surface area contributed by atoms with Crippen molar-refractivity contribution >= 4 is 0 Å². The number of nitrogens with zero attached hydrogens (tertiary/aromatic N) is 3. The lowest BCUT2D eigenvalue weighted by atomic mass is 9.90. The second kappa shape index (κ2) is 6.27. The third kappa shape index (κ3) is 2.91. The van der Waals surface area contributed by atoms with E-state index < -0.39 is 0 Å². The van der Waals surface area contributed by atoms with E-state index in [0.29, 0.717) is 12.0 Å². The van der Waals surface area contributed by atoms with Crippen LogP contribution in [-0.4, -0.2) is 33.8 Å². The van der Waals surface area contributed by atoms with Crippen molar-refractivity contribution in [2.75, 3.05) is 13.1 Å². The minimum absolute atomic E-state index is 0.501. The first-order valence-electron chi connectivity index (χ1n) is 8.31. The SMILES string of the molecule is CCCn1cc(C2C(CN)CCCCN2C2CC2)cn1. The van der Waals surface area contributed by atoms with E-state index in [1.807, 2.05) is 0 Å². The lowest BCUT2D eigenvalue weighted by Gasteiger charge is -2.34. The number of hydrogen-bond donors (Lipinski definition) is 1. The van der Waals surface area contributed by atoms with Crippen LogP contribution in [0, 0.1) is 5.92 Å². The highest BCUT2D eigenvalue weighted by Crippen LogP contribution is 2.41. The zero-order valence-corrected chi connectivity index (χ0v) is 12.7. The summed E-state index contributed by atoms with van der Waals surface area (Å²) in [5.41, 5.74) is 7.49. The van der Waals surface area contributed by atoms with Crippen LogP contribution in [0.15, 0.2) is 12.4 Å². The Morgan fingerprint density at radius 2 is 2.15 bits per heavy atom. The molecule has 0 amide bonds. The van der Waals surface area contributed by atoms with Crippen molar-refractivity contribution in [3.8, 4) is 0 Å². The zero-order chi connectivity index (χ0) is 13.9. The summed E-state index contributed by atoms with van der Waals surface area (Å²) in [7, 11) is 0. The highest BCUT2D eigenvalue weighted by Gasteiger charge is 2.39. The van der Waals surface area contributed by atoms with E-state index >= 15 is 0 Å². The van der Waals surface area contributed by atoms with Gasteiger partial charge in [0, 0.05) is 30.4 Å². The van der Waals surface area contributed by atoms with E-state index in [-0.39, 0.29) is 0 Å². The van der Waals surface area contributed by atoms with Crippen LogP contribution in [0.2, 0.25) is 0 Å². The number of hydrogen-bond acceptors (Lipinski definition) is 3. The average Bonchev–Trinajstić information content (AvgIpc) is 3.22. The van der Waals surface area contributed by atoms with E-state index in [1.165, 1.54) is 44.2 Å². The maximum atomic E-state index is 6.09. The van der Waals surface area contributed by atoms with Gasteiger partial charge >= 0.3 is 0 Å². The first kappa shape index (κ1) is 14.1. The molecule has 2 aliphatic rings. The van der Waals surface area contributed by atoms with Gasteiger partial charge in [0.1, 0.15) is 0 Å². The van der Waals surface area contributed by atoms with Gasteiger partial charge in [-0.25, -0.2) is 0 Å². The molecule has 0 radical (unpaired) electrons. The normalized spacial score (nSPS) is 28.5. The Hall–Kier alpha value is -0.870. The van der Waals surface area contributed by atoms with Crippen molar-refractivity contribution in [1.82, 2.24) is 14.7 Å². The number of aryl methyl sites for hydroxylation is 1. The van der Waals surface area contributed by atoms with Crippen LogP contribution in [0.5, 0.6) is 0 Å². The van der Waals surface area contributed by atoms with Crippen LogP contribution >= 0.6 is 0 Å². The second-order valence-electron chi connectivity index (χ2n) is 6.44. The summed E-state index contributed by atoms with van der Waals surface area (Å²) in [6.45, 7) is 5.26. The molecular formula is C16H28N4. The molecule has 1 aromatic rings. The standard InChI is InChI=1S/C16H28N4/c1-2-8-19-12-14(11-18-19)16-13(10-17)5-3-4-9-20(16)15-6-7-15/h11-13,15-16H,2-10,17H2,1H3. The molecule has 2 heterocycles. The molecule has 4 heteroatoms. The van der Waals surface area contributed by atoms with Gasteiger partial charge in [0.2, 0.25) is 0 Å². The Morgan fingerprint density at radius 1 is 1.30 bits per heavy atom. The maximum Gasteiger partial charge on any atom is 0.0537 e. The van der Waals surface area contributed by atoms with Crippen molar-refractivity contribution in [2.45, 2.75) is 64.1 Å². The summed E-state index contributed by atoms with van der Waals surface area (Å²) in [6.07, 6.45) is 12.1. The van der Waals surface area contributed by atoms with Crippen LogP contribution in [0.1, 0.15) is 57.1 Å². The molecule has 1 saturated heterocycles. The third-order valence-electron chi connectivity index (χ3n) is 4.81. The first-order valence-corrected chi connectivity index (χ1v) is 8.31. The summed E-state index contributed by atoms with van der Waals surface area (Å²) < 4.78 is 2.10. The Kier molecular flexibility index (Phi) is 4.41. The van der Waals surface area contributed by atoms with Crippen LogP contribution in [0.25, 0.3) is 0 Å². The van der Waals surface area contributed by atoms with E-state index in [0.717, 1.165) is 25.6 Å². The molecule has 2 N–H and O–H groups in total. The number of aromatic nitrogens is 2. The summed E-state index contributed by atoms with van der Waals surface area (Å²) in [5, 5.41) is 4.54. The lowest BCUT2D eigenvalue weighted by Crippen LogP contribution is -2.37. The molecule has 1 aliphatic heterocycles. The zero-order valence-electron chi connectivity index (χ0n) is 12.7. The quantitative estimate of drug-likeness (QED) is 0.899. The van der Waals surface area contributed by atoms with Gasteiger partial charge in [-0.05, 0) is 51.1 Å². The third-order valence-corrected chi connectivity index (χ3v) is 4.81. The van der Waals surface area contributed by atoms with Crippen molar-refractivity contribution in [3.05, 3.63) is 18.0 Å². The largest absolute Gasteiger partial charge is 0.330 e. The molecule has 1 saturated carbocycles. The fourth-order valence-corrected chi connectivity index (χ4v) is 3.68. The van der Waals surface area contributed by atoms with Crippen LogP contribution < -0.4 is 5.73 Å². The van der Waals surface area contributed by atoms with E-state index in [9.17, 15) is 0 Å². The molecule has 1 aromatic heterocycles. The molecular weight excluding hydrogens is 248 g/mol. The van der Waals surface area contributed by atoms with Gasteiger partial charge in [-0.1, -0.05) is 13.3 Å². The molecule has 2 unspecified atom stereocenters. The molecule has 2 fully saturated rings. The Bertz CT molecular complexity index is 424. The van der Waals surface area contributed by atoms with Crippen molar-refractivity contribution in [3.63, 3.8) is 0 Å². The predicted octanol–water partition coefficient (Wildman–Crippen LogP) is 2.56. The molecule has 3 rings (SSSR count). The van der Waals surface area contributed by atoms with E-state index in [2.05, 4.69) is 34.0 Å². The highest BCUT2D eigenvalue weighted by molar-refractivity contribution is 5.14. The minimum Gasteiger partial charge on any atom is -0.330 e. The Morgan fingerprint density at radius 3 is 2.85 bits per heavy atom. The van der Waals surface area contributed by atoms with Crippen molar-refractivity contribution < 1.29 is 0 Å². The summed E-state index contributed by atoms with van der Waals surface area (Å²) in [5.74, 6) is 0.595. The first-order chi connectivity index (χ1) is 9.83. The lowest BCUT2D eigenvalue weighted by molar-refractivity contribution is 0.149. The number of nitrogens with two attached hydrogens (primary N) is 1. The molecule has 1 aliphatic carbocycles. The summed E-state index contributed by atoms with van der Waals surface area (Å²) >= 11 is 0. The van der Waals surface area contributed by atoms with E-state index in [4.69, 9.17) is 5.73 Å². The number of likely N-dealkylation sites (tertiary alicyclic amines) is 1. The van der Waals surface area contributed by atoms with Gasteiger partial charge in [-0.2, -0.15) is 5.10 Å². The Labute approximate surface area is 122 Å². The predicted molar refractivity (Wildman–Crippen MR) is 81.4 cm³/mol. The van der Waals surface area contributed by atoms with Gasteiger partial charge in [0.15, 0.2) is 0 Å². The van der Waals surface area contributed by atoms with Crippen LogP contribution in [0.3, 0.4) is 0 Å². The topological polar surface area (TPSA) is 47.1 Å². The molecule has 112 valence electrons. The van der Waals surface area contributed by atoms with Gasteiger partial charge in [0.05, 0.1) is 6.20 Å². The fraction of sp³-hybridized carbons (Fsp3) is 0.812. The summed E-state index contributed by atoms with van der Waals surface area (Å²) in [4.78, 5) is 2.73. The molecule has 0 aromatic carbocycles. The minimum atomic E-state index is 0.501. The van der Waals surface area contributed by atoms with Crippen LogP contribution in [-0.2, 0) is 6.54 Å². The number of rotatable bonds is 5. The highest BCUT2D eigenvalue weighted by atomic mass is 15.3. The molecule has 0 bridgehead atoms. The van der Waals surface area contributed by atoms with Gasteiger partial charge in [0.25, 0.3) is 0 Å².